The number of nitriles is 1. The van der Waals surface area contributed by atoms with Crippen LogP contribution in [-0.4, -0.2) is 66.4 Å². The maximum atomic E-state index is 13.8. The Morgan fingerprint density at radius 2 is 1.84 bits per heavy atom. The lowest BCUT2D eigenvalue weighted by Crippen LogP contribution is -2.34. The topological polar surface area (TPSA) is 125 Å². The van der Waals surface area contributed by atoms with E-state index in [4.69, 9.17) is 4.98 Å². The number of aliphatic hydroxyl groups is 1. The summed E-state index contributed by atoms with van der Waals surface area (Å²) in [6.07, 6.45) is 6.54. The molecule has 190 valence electrons. The third-order valence-electron chi connectivity index (χ3n) is 7.60. The van der Waals surface area contributed by atoms with Crippen LogP contribution >= 0.6 is 0 Å². The average molecular weight is 499 g/mol. The average Bonchev–Trinajstić information content (AvgIpc) is 3.59. The molecule has 0 bridgehead atoms. The first-order chi connectivity index (χ1) is 18.1. The van der Waals surface area contributed by atoms with E-state index < -0.39 is 0 Å². The number of aliphatic hydroxyl groups excluding tert-OH is 1. The molecule has 1 aromatic carbocycles. The zero-order valence-corrected chi connectivity index (χ0v) is 20.7. The second kappa shape index (κ2) is 9.92. The van der Waals surface area contributed by atoms with E-state index in [1.807, 2.05) is 22.8 Å². The highest BCUT2D eigenvalue weighted by atomic mass is 16.3. The monoisotopic (exact) mass is 498 g/mol. The van der Waals surface area contributed by atoms with Gasteiger partial charge >= 0.3 is 0 Å². The second-order valence-corrected chi connectivity index (χ2v) is 10.0. The van der Waals surface area contributed by atoms with Crippen molar-refractivity contribution < 1.29 is 5.11 Å². The first-order valence-electron chi connectivity index (χ1n) is 13.1. The highest BCUT2D eigenvalue weighted by molar-refractivity contribution is 5.80. The summed E-state index contributed by atoms with van der Waals surface area (Å²) in [6.45, 7) is 3.75. The van der Waals surface area contributed by atoms with Crippen LogP contribution in [0.25, 0.3) is 28.0 Å². The van der Waals surface area contributed by atoms with Crippen molar-refractivity contribution in [2.75, 3.05) is 31.5 Å². The van der Waals surface area contributed by atoms with Crippen LogP contribution in [0.3, 0.4) is 0 Å². The maximum Gasteiger partial charge on any atom is 0.295 e. The minimum atomic E-state index is -0.326. The van der Waals surface area contributed by atoms with Gasteiger partial charge in [0.15, 0.2) is 11.5 Å². The Labute approximate surface area is 214 Å². The molecule has 0 atom stereocenters. The van der Waals surface area contributed by atoms with Crippen molar-refractivity contribution >= 4 is 28.0 Å². The lowest BCUT2D eigenvalue weighted by atomic mass is 9.93. The Hall–Kier alpha value is -3.81. The van der Waals surface area contributed by atoms with Crippen molar-refractivity contribution in [1.29, 1.82) is 5.26 Å². The number of pyridine rings is 1. The third-order valence-corrected chi connectivity index (χ3v) is 7.60. The van der Waals surface area contributed by atoms with Gasteiger partial charge in [-0.15, -0.1) is 0 Å². The van der Waals surface area contributed by atoms with Gasteiger partial charge in [0.1, 0.15) is 17.7 Å². The Morgan fingerprint density at radius 3 is 2.62 bits per heavy atom. The van der Waals surface area contributed by atoms with Crippen molar-refractivity contribution in [1.82, 2.24) is 29.0 Å². The molecular formula is C27H30N8O2. The Kier molecular flexibility index (Phi) is 6.32. The fourth-order valence-electron chi connectivity index (χ4n) is 5.58. The molecule has 2 aliphatic rings. The molecule has 1 aliphatic heterocycles. The summed E-state index contributed by atoms with van der Waals surface area (Å²) in [7, 11) is 0. The Bertz CT molecular complexity index is 1540. The zero-order chi connectivity index (χ0) is 25.4. The van der Waals surface area contributed by atoms with Crippen molar-refractivity contribution in [2.24, 2.45) is 0 Å². The summed E-state index contributed by atoms with van der Waals surface area (Å²) in [5, 5.41) is 22.7. The standard InChI is InChI=1S/C27H30N8O2/c28-16-18-3-8-21-23(15-18)34(17-30-21)24-10-9-22-26(32-24)35(19-4-6-20(36)7-5-19)27(37)25(31-22)29-11-14-33-12-1-2-13-33/h3,8-10,15,17,19-20,36H,1-2,4-7,11-14H2,(H,29,31). The molecular weight excluding hydrogens is 468 g/mol. The number of imidazole rings is 1. The fraction of sp³-hybridized carbons (Fsp3) is 0.444. The predicted molar refractivity (Wildman–Crippen MR) is 141 cm³/mol. The molecule has 10 heteroatoms. The molecule has 6 rings (SSSR count). The number of fused-ring (bicyclic) bond motifs is 2. The van der Waals surface area contributed by atoms with Crippen molar-refractivity contribution in [3.63, 3.8) is 0 Å². The zero-order valence-electron chi connectivity index (χ0n) is 20.7. The fourth-order valence-corrected chi connectivity index (χ4v) is 5.58. The molecule has 0 radical (unpaired) electrons. The first-order valence-corrected chi connectivity index (χ1v) is 13.1. The Morgan fingerprint density at radius 1 is 1.05 bits per heavy atom. The normalized spacial score (nSPS) is 20.4. The van der Waals surface area contributed by atoms with Gasteiger partial charge in [-0.05, 0) is 81.9 Å². The summed E-state index contributed by atoms with van der Waals surface area (Å²) >= 11 is 0. The smallest absolute Gasteiger partial charge is 0.295 e. The first kappa shape index (κ1) is 23.6. The van der Waals surface area contributed by atoms with Gasteiger partial charge in [0.25, 0.3) is 5.56 Å². The van der Waals surface area contributed by atoms with Crippen LogP contribution in [0.1, 0.15) is 50.1 Å². The van der Waals surface area contributed by atoms with Crippen LogP contribution in [0.2, 0.25) is 0 Å². The molecule has 4 heterocycles. The molecule has 0 amide bonds. The summed E-state index contributed by atoms with van der Waals surface area (Å²) in [4.78, 5) is 30.2. The largest absolute Gasteiger partial charge is 0.393 e. The van der Waals surface area contributed by atoms with Crippen LogP contribution in [0.4, 0.5) is 5.82 Å². The van der Waals surface area contributed by atoms with Gasteiger partial charge in [-0.25, -0.2) is 15.0 Å². The summed E-state index contributed by atoms with van der Waals surface area (Å²) < 4.78 is 3.60. The molecule has 3 aromatic heterocycles. The van der Waals surface area contributed by atoms with E-state index in [1.54, 1.807) is 23.0 Å². The molecule has 1 saturated carbocycles. The van der Waals surface area contributed by atoms with Crippen LogP contribution in [0, 0.1) is 11.3 Å². The number of anilines is 1. The number of aromatic nitrogens is 5. The highest BCUT2D eigenvalue weighted by Crippen LogP contribution is 2.30. The van der Waals surface area contributed by atoms with Gasteiger partial charge in [-0.2, -0.15) is 5.26 Å². The van der Waals surface area contributed by atoms with Gasteiger partial charge in [-0.3, -0.25) is 13.9 Å². The van der Waals surface area contributed by atoms with Gasteiger partial charge in [0.05, 0.1) is 28.8 Å². The van der Waals surface area contributed by atoms with E-state index in [1.165, 1.54) is 12.8 Å². The highest BCUT2D eigenvalue weighted by Gasteiger charge is 2.25. The van der Waals surface area contributed by atoms with E-state index in [0.29, 0.717) is 60.6 Å². The second-order valence-electron chi connectivity index (χ2n) is 10.0. The van der Waals surface area contributed by atoms with Crippen molar-refractivity contribution in [2.45, 2.75) is 50.7 Å². The number of hydrogen-bond donors (Lipinski definition) is 2. The molecule has 2 N–H and O–H groups in total. The van der Waals surface area contributed by atoms with Crippen LogP contribution < -0.4 is 10.9 Å². The number of likely N-dealkylation sites (tertiary alicyclic amines) is 1. The lowest BCUT2D eigenvalue weighted by Gasteiger charge is -2.28. The van der Waals surface area contributed by atoms with Gasteiger partial charge in [0.2, 0.25) is 0 Å². The minimum absolute atomic E-state index is 0.0620. The van der Waals surface area contributed by atoms with Crippen molar-refractivity contribution in [3.05, 3.63) is 52.6 Å². The predicted octanol–water partition coefficient (Wildman–Crippen LogP) is 2.99. The van der Waals surface area contributed by atoms with Gasteiger partial charge < -0.3 is 15.3 Å². The van der Waals surface area contributed by atoms with Gasteiger partial charge in [0, 0.05) is 19.1 Å². The van der Waals surface area contributed by atoms with Crippen LogP contribution in [0.5, 0.6) is 0 Å². The summed E-state index contributed by atoms with van der Waals surface area (Å²) in [5.74, 6) is 0.949. The van der Waals surface area contributed by atoms with E-state index in [-0.39, 0.29) is 17.7 Å². The summed E-state index contributed by atoms with van der Waals surface area (Å²) in [5.41, 5.74) is 3.05. The summed E-state index contributed by atoms with van der Waals surface area (Å²) in [6, 6.07) is 11.2. The molecule has 2 fully saturated rings. The quantitative estimate of drug-likeness (QED) is 0.416. The molecule has 1 saturated heterocycles. The van der Waals surface area contributed by atoms with Crippen molar-refractivity contribution in [3.8, 4) is 11.9 Å². The minimum Gasteiger partial charge on any atom is -0.393 e. The molecule has 4 aromatic rings. The maximum absolute atomic E-state index is 13.8. The number of nitrogens with one attached hydrogen (secondary N) is 1. The molecule has 0 unspecified atom stereocenters. The van der Waals surface area contributed by atoms with Crippen LogP contribution in [0.15, 0.2) is 41.5 Å². The molecule has 1 aliphatic carbocycles. The third kappa shape index (κ3) is 4.56. The molecule has 0 spiro atoms. The molecule has 37 heavy (non-hydrogen) atoms. The van der Waals surface area contributed by atoms with E-state index in [0.717, 1.165) is 30.7 Å². The SMILES string of the molecule is N#Cc1ccc2ncn(-c3ccc4nc(NCCN5CCCC5)c(=O)n(C5CCC(O)CC5)c4n3)c2c1. The molecule has 10 nitrogen and oxygen atoms in total. The Balaban J connectivity index is 1.42. The number of nitrogens with zero attached hydrogens (tertiary/aromatic N) is 7. The van der Waals surface area contributed by atoms with E-state index in [9.17, 15) is 15.2 Å². The van der Waals surface area contributed by atoms with Gasteiger partial charge in [-0.1, -0.05) is 0 Å². The van der Waals surface area contributed by atoms with E-state index in [2.05, 4.69) is 26.3 Å². The van der Waals surface area contributed by atoms with Crippen LogP contribution in [-0.2, 0) is 0 Å². The number of benzene rings is 1. The lowest BCUT2D eigenvalue weighted by molar-refractivity contribution is 0.111. The van der Waals surface area contributed by atoms with E-state index >= 15 is 0 Å². The number of hydrogen-bond acceptors (Lipinski definition) is 8. The number of rotatable bonds is 6.